The second-order valence-corrected chi connectivity index (χ2v) is 2.24. The zero-order chi connectivity index (χ0) is 9.68. The average molecular weight is 179 g/mol. The second kappa shape index (κ2) is 4.20. The van der Waals surface area contributed by atoms with Gasteiger partial charge in [0.1, 0.15) is 5.82 Å². The Morgan fingerprint density at radius 2 is 2.31 bits per heavy atom. The molecule has 0 aliphatic rings. The van der Waals surface area contributed by atoms with Crippen LogP contribution in [-0.2, 0) is 9.53 Å². The number of nitrogen functional groups attached to an aromatic ring is 1. The highest BCUT2D eigenvalue weighted by atomic mass is 16.5. The molecule has 0 saturated heterocycles. The van der Waals surface area contributed by atoms with E-state index >= 15 is 0 Å². The lowest BCUT2D eigenvalue weighted by Crippen LogP contribution is -1.95. The molecule has 0 fully saturated rings. The van der Waals surface area contributed by atoms with Crippen LogP contribution in [0.2, 0.25) is 0 Å². The van der Waals surface area contributed by atoms with Crippen molar-refractivity contribution in [3.8, 4) is 0 Å². The molecule has 0 spiro atoms. The average Bonchev–Trinajstić information content (AvgIpc) is 2.16. The molecule has 0 aliphatic carbocycles. The number of rotatable bonds is 2. The van der Waals surface area contributed by atoms with Gasteiger partial charge in [0.15, 0.2) is 0 Å². The lowest BCUT2D eigenvalue weighted by molar-refractivity contribution is -0.134. The Morgan fingerprint density at radius 1 is 1.54 bits per heavy atom. The van der Waals surface area contributed by atoms with Gasteiger partial charge in [0.05, 0.1) is 12.8 Å². The molecule has 2 N–H and O–H groups in total. The summed E-state index contributed by atoms with van der Waals surface area (Å²) in [6, 6.07) is 3.26. The van der Waals surface area contributed by atoms with E-state index in [0.29, 0.717) is 11.5 Å². The third kappa shape index (κ3) is 2.90. The molecule has 0 unspecified atom stereocenters. The number of hydrogen-bond donors (Lipinski definition) is 1. The maximum atomic E-state index is 10.7. The minimum atomic E-state index is -0.432. The molecule has 1 aromatic rings. The van der Waals surface area contributed by atoms with E-state index in [1.54, 1.807) is 12.1 Å². The Hall–Kier alpha value is -1.91. The first kappa shape index (κ1) is 9.18. The number of nitrogens with zero attached hydrogens (tertiary/aromatic N) is 2. The van der Waals surface area contributed by atoms with Crippen molar-refractivity contribution in [2.75, 3.05) is 12.8 Å². The van der Waals surface area contributed by atoms with Crippen LogP contribution < -0.4 is 5.73 Å². The molecule has 0 amide bonds. The SMILES string of the molecule is COC(=O)C=Cc1ccc(N)nn1. The van der Waals surface area contributed by atoms with Gasteiger partial charge < -0.3 is 10.5 Å². The fraction of sp³-hybridized carbons (Fsp3) is 0.125. The highest BCUT2D eigenvalue weighted by Gasteiger charge is 1.93. The van der Waals surface area contributed by atoms with Crippen molar-refractivity contribution in [2.24, 2.45) is 0 Å². The van der Waals surface area contributed by atoms with Gasteiger partial charge in [-0.3, -0.25) is 0 Å². The molecule has 1 aromatic heterocycles. The third-order valence-corrected chi connectivity index (χ3v) is 1.30. The van der Waals surface area contributed by atoms with Crippen molar-refractivity contribution in [1.29, 1.82) is 0 Å². The monoisotopic (exact) mass is 179 g/mol. The van der Waals surface area contributed by atoms with Crippen molar-refractivity contribution in [2.45, 2.75) is 0 Å². The zero-order valence-electron chi connectivity index (χ0n) is 7.10. The molecule has 68 valence electrons. The van der Waals surface area contributed by atoms with E-state index in [1.165, 1.54) is 19.3 Å². The first-order chi connectivity index (χ1) is 6.22. The van der Waals surface area contributed by atoms with Gasteiger partial charge in [-0.15, -0.1) is 10.2 Å². The van der Waals surface area contributed by atoms with E-state index in [1.807, 2.05) is 0 Å². The van der Waals surface area contributed by atoms with Gasteiger partial charge in [0.25, 0.3) is 0 Å². The lowest BCUT2D eigenvalue weighted by Gasteiger charge is -1.92. The first-order valence-electron chi connectivity index (χ1n) is 3.57. The highest BCUT2D eigenvalue weighted by Crippen LogP contribution is 1.99. The Bertz CT molecular complexity index is 319. The van der Waals surface area contributed by atoms with Crippen LogP contribution in [0.1, 0.15) is 5.69 Å². The van der Waals surface area contributed by atoms with Crippen LogP contribution in [0.3, 0.4) is 0 Å². The number of aromatic nitrogens is 2. The maximum absolute atomic E-state index is 10.7. The van der Waals surface area contributed by atoms with Crippen LogP contribution in [-0.4, -0.2) is 23.3 Å². The van der Waals surface area contributed by atoms with Crippen molar-refractivity contribution in [1.82, 2.24) is 10.2 Å². The second-order valence-electron chi connectivity index (χ2n) is 2.24. The fourth-order valence-corrected chi connectivity index (χ4v) is 0.663. The minimum Gasteiger partial charge on any atom is -0.466 e. The van der Waals surface area contributed by atoms with E-state index in [0.717, 1.165) is 0 Å². The van der Waals surface area contributed by atoms with E-state index in [-0.39, 0.29) is 0 Å². The molecule has 5 nitrogen and oxygen atoms in total. The number of hydrogen-bond acceptors (Lipinski definition) is 5. The molecule has 5 heteroatoms. The van der Waals surface area contributed by atoms with Crippen molar-refractivity contribution < 1.29 is 9.53 Å². The third-order valence-electron chi connectivity index (χ3n) is 1.30. The van der Waals surface area contributed by atoms with Crippen molar-refractivity contribution in [3.05, 3.63) is 23.9 Å². The lowest BCUT2D eigenvalue weighted by atomic mass is 10.3. The molecule has 0 aromatic carbocycles. The van der Waals surface area contributed by atoms with Crippen LogP contribution in [0, 0.1) is 0 Å². The Morgan fingerprint density at radius 3 is 2.85 bits per heavy atom. The number of carbonyl (C=O) groups is 1. The number of nitrogens with two attached hydrogens (primary N) is 1. The summed E-state index contributed by atoms with van der Waals surface area (Å²) in [4.78, 5) is 10.7. The van der Waals surface area contributed by atoms with Crippen molar-refractivity contribution >= 4 is 17.9 Å². The number of methoxy groups -OCH3 is 1. The Labute approximate surface area is 75.2 Å². The van der Waals surface area contributed by atoms with Crippen LogP contribution >= 0.6 is 0 Å². The molecule has 0 radical (unpaired) electrons. The van der Waals surface area contributed by atoms with E-state index in [2.05, 4.69) is 14.9 Å². The predicted octanol–water partition coefficient (Wildman–Crippen LogP) is 0.245. The Kier molecular flexibility index (Phi) is 2.97. The summed E-state index contributed by atoms with van der Waals surface area (Å²) in [5, 5.41) is 7.32. The first-order valence-corrected chi connectivity index (χ1v) is 3.57. The zero-order valence-corrected chi connectivity index (χ0v) is 7.10. The summed E-state index contributed by atoms with van der Waals surface area (Å²) in [7, 11) is 1.31. The van der Waals surface area contributed by atoms with Gasteiger partial charge in [-0.2, -0.15) is 0 Å². The minimum absolute atomic E-state index is 0.343. The summed E-state index contributed by atoms with van der Waals surface area (Å²) in [5.74, 6) is -0.0890. The van der Waals surface area contributed by atoms with Gasteiger partial charge in [-0.25, -0.2) is 4.79 Å². The number of anilines is 1. The topological polar surface area (TPSA) is 78.1 Å². The normalized spacial score (nSPS) is 10.2. The number of carbonyl (C=O) groups excluding carboxylic acids is 1. The van der Waals surface area contributed by atoms with Gasteiger partial charge in [0.2, 0.25) is 0 Å². The molecule has 1 heterocycles. The summed E-state index contributed by atoms with van der Waals surface area (Å²) in [6.45, 7) is 0. The summed E-state index contributed by atoms with van der Waals surface area (Å²) in [6.07, 6.45) is 2.76. The molecule has 0 aliphatic heterocycles. The van der Waals surface area contributed by atoms with Crippen LogP contribution in [0.5, 0.6) is 0 Å². The molecule has 0 atom stereocenters. The Balaban J connectivity index is 2.69. The van der Waals surface area contributed by atoms with Crippen LogP contribution in [0.25, 0.3) is 6.08 Å². The smallest absolute Gasteiger partial charge is 0.330 e. The van der Waals surface area contributed by atoms with E-state index in [9.17, 15) is 4.79 Å². The predicted molar refractivity (Wildman–Crippen MR) is 47.5 cm³/mol. The van der Waals surface area contributed by atoms with Crippen molar-refractivity contribution in [3.63, 3.8) is 0 Å². The summed E-state index contributed by atoms with van der Waals surface area (Å²) < 4.78 is 4.40. The van der Waals surface area contributed by atoms with E-state index < -0.39 is 5.97 Å². The summed E-state index contributed by atoms with van der Waals surface area (Å²) >= 11 is 0. The molecule has 1 rings (SSSR count). The molecule has 0 bridgehead atoms. The molecular weight excluding hydrogens is 170 g/mol. The van der Waals surface area contributed by atoms with Gasteiger partial charge in [-0.05, 0) is 18.2 Å². The molecular formula is C8H9N3O2. The quantitative estimate of drug-likeness (QED) is 0.520. The van der Waals surface area contributed by atoms with Crippen LogP contribution in [0.4, 0.5) is 5.82 Å². The van der Waals surface area contributed by atoms with Gasteiger partial charge >= 0.3 is 5.97 Å². The molecule has 13 heavy (non-hydrogen) atoms. The molecule has 0 saturated carbocycles. The number of esters is 1. The van der Waals surface area contributed by atoms with Crippen LogP contribution in [0.15, 0.2) is 18.2 Å². The fourth-order valence-electron chi connectivity index (χ4n) is 0.663. The number of ether oxygens (including phenoxy) is 1. The van der Waals surface area contributed by atoms with E-state index in [4.69, 9.17) is 5.73 Å². The maximum Gasteiger partial charge on any atom is 0.330 e. The largest absolute Gasteiger partial charge is 0.466 e. The highest BCUT2D eigenvalue weighted by molar-refractivity contribution is 5.86. The standard InChI is InChI=1S/C8H9N3O2/c1-13-8(12)5-3-6-2-4-7(9)11-10-6/h2-5H,1H3,(H2,9,11). The summed E-state index contributed by atoms with van der Waals surface area (Å²) in [5.41, 5.74) is 5.87. The van der Waals surface area contributed by atoms with Gasteiger partial charge in [0, 0.05) is 6.08 Å². The van der Waals surface area contributed by atoms with Gasteiger partial charge in [-0.1, -0.05) is 0 Å².